The predicted molar refractivity (Wildman–Crippen MR) is 60.6 cm³/mol. The maximum atomic E-state index is 6.05. The smallest absolute Gasteiger partial charge is 0.0438 e. The number of halogens is 1. The molecule has 0 aliphatic heterocycles. The van der Waals surface area contributed by atoms with E-state index in [2.05, 4.69) is 30.4 Å². The highest BCUT2D eigenvalue weighted by atomic mass is 35.5. The summed E-state index contributed by atoms with van der Waals surface area (Å²) >= 11 is 6.05. The molecule has 0 amide bonds. The minimum Gasteiger partial charge on any atom is -0.310 e. The molecule has 0 spiro atoms. The minimum absolute atomic E-state index is 0.732. The summed E-state index contributed by atoms with van der Waals surface area (Å²) < 4.78 is 0. The Kier molecular flexibility index (Phi) is 2.80. The lowest BCUT2D eigenvalue weighted by Gasteiger charge is -2.05. The fourth-order valence-electron chi connectivity index (χ4n) is 1.60. The van der Waals surface area contributed by atoms with E-state index in [1.807, 2.05) is 6.92 Å². The number of benzene rings is 1. The number of hydrogen-bond acceptors (Lipinski definition) is 1. The monoisotopic (exact) mass is 209 g/mol. The van der Waals surface area contributed by atoms with Gasteiger partial charge in [0.2, 0.25) is 0 Å². The molecule has 2 rings (SSSR count). The normalized spacial score (nSPS) is 25.1. The Morgan fingerprint density at radius 1 is 1.50 bits per heavy atom. The Morgan fingerprint density at radius 3 is 2.79 bits per heavy atom. The predicted octanol–water partition coefficient (Wildman–Crippen LogP) is 3.15. The molecule has 14 heavy (non-hydrogen) atoms. The highest BCUT2D eigenvalue weighted by Gasteiger charge is 2.31. The van der Waals surface area contributed by atoms with Crippen LogP contribution in [0.25, 0.3) is 0 Å². The second-order valence-electron chi connectivity index (χ2n) is 4.28. The standard InChI is InChI=1S/C12H16ClN/c1-8-3-4-10(6-11(8)13)7-14-12-5-9(12)2/h3-4,6,9,12,14H,5,7H2,1-2H3. The van der Waals surface area contributed by atoms with Gasteiger partial charge in [0.05, 0.1) is 0 Å². The molecule has 1 N–H and O–H groups in total. The van der Waals surface area contributed by atoms with E-state index >= 15 is 0 Å². The van der Waals surface area contributed by atoms with Gasteiger partial charge in [-0.15, -0.1) is 0 Å². The SMILES string of the molecule is Cc1ccc(CNC2CC2C)cc1Cl. The van der Waals surface area contributed by atoms with Gasteiger partial charge < -0.3 is 5.32 Å². The summed E-state index contributed by atoms with van der Waals surface area (Å²) in [7, 11) is 0. The largest absolute Gasteiger partial charge is 0.310 e. The fourth-order valence-corrected chi connectivity index (χ4v) is 1.80. The van der Waals surface area contributed by atoms with Gasteiger partial charge >= 0.3 is 0 Å². The molecule has 1 aliphatic rings. The molecule has 1 aromatic rings. The third-order valence-electron chi connectivity index (χ3n) is 2.91. The van der Waals surface area contributed by atoms with Gasteiger partial charge in [0.25, 0.3) is 0 Å². The molecular weight excluding hydrogens is 194 g/mol. The molecule has 76 valence electrons. The minimum atomic E-state index is 0.732. The van der Waals surface area contributed by atoms with E-state index in [1.165, 1.54) is 12.0 Å². The van der Waals surface area contributed by atoms with Crippen molar-refractivity contribution in [2.75, 3.05) is 0 Å². The maximum absolute atomic E-state index is 6.05. The Bertz CT molecular complexity index is 335. The molecule has 2 unspecified atom stereocenters. The zero-order chi connectivity index (χ0) is 10.1. The Morgan fingerprint density at radius 2 is 2.21 bits per heavy atom. The third kappa shape index (κ3) is 2.28. The second kappa shape index (κ2) is 3.92. The first-order valence-corrected chi connectivity index (χ1v) is 5.53. The van der Waals surface area contributed by atoms with Crippen LogP contribution in [0.5, 0.6) is 0 Å². The molecule has 1 aromatic carbocycles. The van der Waals surface area contributed by atoms with Crippen molar-refractivity contribution in [1.82, 2.24) is 5.32 Å². The summed E-state index contributed by atoms with van der Waals surface area (Å²) in [5.74, 6) is 0.857. The van der Waals surface area contributed by atoms with Crippen molar-refractivity contribution < 1.29 is 0 Å². The van der Waals surface area contributed by atoms with Crippen LogP contribution in [0, 0.1) is 12.8 Å². The summed E-state index contributed by atoms with van der Waals surface area (Å²) in [5, 5.41) is 4.38. The van der Waals surface area contributed by atoms with Crippen LogP contribution in [0.4, 0.5) is 0 Å². The average molecular weight is 210 g/mol. The summed E-state index contributed by atoms with van der Waals surface area (Å²) in [4.78, 5) is 0. The first-order chi connectivity index (χ1) is 6.66. The van der Waals surface area contributed by atoms with Crippen LogP contribution in [-0.4, -0.2) is 6.04 Å². The van der Waals surface area contributed by atoms with Crippen LogP contribution in [0.1, 0.15) is 24.5 Å². The quantitative estimate of drug-likeness (QED) is 0.807. The molecule has 1 nitrogen and oxygen atoms in total. The molecule has 0 saturated heterocycles. The zero-order valence-corrected chi connectivity index (χ0v) is 9.43. The van der Waals surface area contributed by atoms with Crippen molar-refractivity contribution in [1.29, 1.82) is 0 Å². The summed E-state index contributed by atoms with van der Waals surface area (Å²) in [6.45, 7) is 5.25. The van der Waals surface area contributed by atoms with Gasteiger partial charge in [-0.3, -0.25) is 0 Å². The zero-order valence-electron chi connectivity index (χ0n) is 8.68. The molecule has 0 aromatic heterocycles. The van der Waals surface area contributed by atoms with Gasteiger partial charge in [0.15, 0.2) is 0 Å². The van der Waals surface area contributed by atoms with Gasteiger partial charge in [0, 0.05) is 17.6 Å². The second-order valence-corrected chi connectivity index (χ2v) is 4.69. The van der Waals surface area contributed by atoms with E-state index < -0.39 is 0 Å². The number of aryl methyl sites for hydroxylation is 1. The van der Waals surface area contributed by atoms with Crippen molar-refractivity contribution in [3.05, 3.63) is 34.3 Å². The van der Waals surface area contributed by atoms with Crippen LogP contribution in [0.3, 0.4) is 0 Å². The van der Waals surface area contributed by atoms with Crippen molar-refractivity contribution >= 4 is 11.6 Å². The van der Waals surface area contributed by atoms with E-state index in [0.29, 0.717) is 0 Å². The van der Waals surface area contributed by atoms with Crippen LogP contribution in [0.2, 0.25) is 5.02 Å². The summed E-state index contributed by atoms with van der Waals surface area (Å²) in [6, 6.07) is 7.00. The summed E-state index contributed by atoms with van der Waals surface area (Å²) in [6.07, 6.45) is 1.32. The maximum Gasteiger partial charge on any atom is 0.0438 e. The van der Waals surface area contributed by atoms with Gasteiger partial charge in [-0.2, -0.15) is 0 Å². The average Bonchev–Trinajstić information content (AvgIpc) is 2.85. The molecule has 0 heterocycles. The van der Waals surface area contributed by atoms with Crippen molar-refractivity contribution in [3.63, 3.8) is 0 Å². The Labute approximate surface area is 90.5 Å². The van der Waals surface area contributed by atoms with Gasteiger partial charge in [-0.25, -0.2) is 0 Å². The lowest BCUT2D eigenvalue weighted by Crippen LogP contribution is -2.16. The summed E-state index contributed by atoms with van der Waals surface area (Å²) in [5.41, 5.74) is 2.43. The van der Waals surface area contributed by atoms with E-state index in [9.17, 15) is 0 Å². The number of rotatable bonds is 3. The van der Waals surface area contributed by atoms with E-state index in [-0.39, 0.29) is 0 Å². The number of nitrogens with one attached hydrogen (secondary N) is 1. The van der Waals surface area contributed by atoms with Crippen LogP contribution in [-0.2, 0) is 6.54 Å². The van der Waals surface area contributed by atoms with E-state index in [1.54, 1.807) is 0 Å². The lowest BCUT2D eigenvalue weighted by atomic mass is 10.1. The number of hydrogen-bond donors (Lipinski definition) is 1. The van der Waals surface area contributed by atoms with Crippen LogP contribution >= 0.6 is 11.6 Å². The Balaban J connectivity index is 1.92. The van der Waals surface area contributed by atoms with Crippen molar-refractivity contribution in [2.45, 2.75) is 32.9 Å². The van der Waals surface area contributed by atoms with Crippen molar-refractivity contribution in [3.8, 4) is 0 Å². The van der Waals surface area contributed by atoms with Crippen LogP contribution in [0.15, 0.2) is 18.2 Å². The third-order valence-corrected chi connectivity index (χ3v) is 3.32. The highest BCUT2D eigenvalue weighted by molar-refractivity contribution is 6.31. The topological polar surface area (TPSA) is 12.0 Å². The van der Waals surface area contributed by atoms with Gasteiger partial charge in [-0.05, 0) is 36.5 Å². The van der Waals surface area contributed by atoms with Gasteiger partial charge in [-0.1, -0.05) is 30.7 Å². The fraction of sp³-hybridized carbons (Fsp3) is 0.500. The first-order valence-electron chi connectivity index (χ1n) is 5.15. The van der Waals surface area contributed by atoms with Crippen molar-refractivity contribution in [2.24, 2.45) is 5.92 Å². The molecule has 2 atom stereocenters. The highest BCUT2D eigenvalue weighted by Crippen LogP contribution is 2.29. The first kappa shape index (κ1) is 10.0. The Hall–Kier alpha value is -0.530. The molecule has 1 aliphatic carbocycles. The molecular formula is C12H16ClN. The van der Waals surface area contributed by atoms with E-state index in [4.69, 9.17) is 11.6 Å². The van der Waals surface area contributed by atoms with E-state index in [0.717, 1.165) is 29.1 Å². The lowest BCUT2D eigenvalue weighted by molar-refractivity contribution is 0.652. The van der Waals surface area contributed by atoms with Crippen LogP contribution < -0.4 is 5.32 Å². The molecule has 0 radical (unpaired) electrons. The molecule has 1 fully saturated rings. The molecule has 0 bridgehead atoms. The molecule has 1 saturated carbocycles. The van der Waals surface area contributed by atoms with Gasteiger partial charge in [0.1, 0.15) is 0 Å². The molecule has 2 heteroatoms.